The Morgan fingerprint density at radius 2 is 2.23 bits per heavy atom. The standard InChI is InChI=1S/C16H22N2O4/c1-11(2)22-15-5-4-13(9-17-15)16(20)18-6-7-21-10-14(18)8-12(3)19/h4-5,9,11,14H,6-8,10H2,1-3H3. The molecule has 0 saturated carbocycles. The Balaban J connectivity index is 2.09. The van der Waals surface area contributed by atoms with E-state index >= 15 is 0 Å². The van der Waals surface area contributed by atoms with Crippen LogP contribution in [0.15, 0.2) is 18.3 Å². The fraction of sp³-hybridized carbons (Fsp3) is 0.562. The number of pyridine rings is 1. The van der Waals surface area contributed by atoms with Crippen molar-refractivity contribution in [3.8, 4) is 5.88 Å². The molecule has 0 aromatic carbocycles. The van der Waals surface area contributed by atoms with Crippen LogP contribution in [0, 0.1) is 0 Å². The number of carbonyl (C=O) groups excluding carboxylic acids is 2. The molecule has 0 aliphatic carbocycles. The van der Waals surface area contributed by atoms with Crippen LogP contribution in [0.4, 0.5) is 0 Å². The van der Waals surface area contributed by atoms with Crippen LogP contribution in [0.2, 0.25) is 0 Å². The average molecular weight is 306 g/mol. The van der Waals surface area contributed by atoms with Crippen molar-refractivity contribution in [2.75, 3.05) is 19.8 Å². The first kappa shape index (κ1) is 16.4. The van der Waals surface area contributed by atoms with Gasteiger partial charge in [0.1, 0.15) is 5.78 Å². The lowest BCUT2D eigenvalue weighted by Gasteiger charge is -2.35. The lowest BCUT2D eigenvalue weighted by molar-refractivity contribution is -0.119. The second kappa shape index (κ2) is 7.35. The molecule has 120 valence electrons. The summed E-state index contributed by atoms with van der Waals surface area (Å²) >= 11 is 0. The van der Waals surface area contributed by atoms with E-state index in [-0.39, 0.29) is 23.8 Å². The van der Waals surface area contributed by atoms with Crippen LogP contribution in [0.25, 0.3) is 0 Å². The largest absolute Gasteiger partial charge is 0.475 e. The highest BCUT2D eigenvalue weighted by molar-refractivity contribution is 5.94. The monoisotopic (exact) mass is 306 g/mol. The summed E-state index contributed by atoms with van der Waals surface area (Å²) in [5.41, 5.74) is 0.492. The van der Waals surface area contributed by atoms with Gasteiger partial charge in [0, 0.05) is 25.2 Å². The molecule has 2 heterocycles. The second-order valence-electron chi connectivity index (χ2n) is 5.69. The summed E-state index contributed by atoms with van der Waals surface area (Å²) in [4.78, 5) is 29.8. The summed E-state index contributed by atoms with van der Waals surface area (Å²) in [6, 6.07) is 3.19. The van der Waals surface area contributed by atoms with Crippen LogP contribution in [-0.2, 0) is 9.53 Å². The number of hydrogen-bond donors (Lipinski definition) is 0. The van der Waals surface area contributed by atoms with Gasteiger partial charge in [-0.3, -0.25) is 9.59 Å². The molecule has 1 atom stereocenters. The van der Waals surface area contributed by atoms with E-state index in [1.54, 1.807) is 17.0 Å². The van der Waals surface area contributed by atoms with E-state index in [0.29, 0.717) is 37.6 Å². The average Bonchev–Trinajstić information content (AvgIpc) is 2.47. The van der Waals surface area contributed by atoms with Crippen molar-refractivity contribution in [3.63, 3.8) is 0 Å². The van der Waals surface area contributed by atoms with Crippen molar-refractivity contribution in [2.24, 2.45) is 0 Å². The van der Waals surface area contributed by atoms with Gasteiger partial charge < -0.3 is 14.4 Å². The predicted octanol–water partition coefficient (Wildman–Crippen LogP) is 1.69. The Morgan fingerprint density at radius 3 is 2.82 bits per heavy atom. The minimum Gasteiger partial charge on any atom is -0.475 e. The van der Waals surface area contributed by atoms with Crippen molar-refractivity contribution >= 4 is 11.7 Å². The van der Waals surface area contributed by atoms with Crippen molar-refractivity contribution in [1.29, 1.82) is 0 Å². The van der Waals surface area contributed by atoms with Crippen LogP contribution < -0.4 is 4.74 Å². The highest BCUT2D eigenvalue weighted by atomic mass is 16.5. The molecule has 1 saturated heterocycles. The minimum absolute atomic E-state index is 0.0354. The molecular formula is C16H22N2O4. The Kier molecular flexibility index (Phi) is 5.49. The van der Waals surface area contributed by atoms with Crippen LogP contribution >= 0.6 is 0 Å². The maximum Gasteiger partial charge on any atom is 0.255 e. The van der Waals surface area contributed by atoms with Gasteiger partial charge in [0.15, 0.2) is 0 Å². The lowest BCUT2D eigenvalue weighted by Crippen LogP contribution is -2.49. The molecular weight excluding hydrogens is 284 g/mol. The first-order valence-corrected chi connectivity index (χ1v) is 7.48. The van der Waals surface area contributed by atoms with Crippen molar-refractivity contribution in [3.05, 3.63) is 23.9 Å². The zero-order chi connectivity index (χ0) is 16.1. The molecule has 1 aliphatic rings. The molecule has 6 heteroatoms. The van der Waals surface area contributed by atoms with Gasteiger partial charge in [0.05, 0.1) is 30.9 Å². The Morgan fingerprint density at radius 1 is 1.45 bits per heavy atom. The smallest absolute Gasteiger partial charge is 0.255 e. The number of ketones is 1. The van der Waals surface area contributed by atoms with Gasteiger partial charge in [-0.15, -0.1) is 0 Å². The van der Waals surface area contributed by atoms with Gasteiger partial charge in [-0.1, -0.05) is 0 Å². The number of carbonyl (C=O) groups is 2. The molecule has 6 nitrogen and oxygen atoms in total. The minimum atomic E-state index is -0.203. The van der Waals surface area contributed by atoms with Crippen molar-refractivity contribution in [1.82, 2.24) is 9.88 Å². The molecule has 0 bridgehead atoms. The Labute approximate surface area is 130 Å². The van der Waals surface area contributed by atoms with Gasteiger partial charge in [-0.05, 0) is 26.8 Å². The van der Waals surface area contributed by atoms with E-state index in [1.165, 1.54) is 13.1 Å². The summed E-state index contributed by atoms with van der Waals surface area (Å²) < 4.78 is 10.8. The van der Waals surface area contributed by atoms with Gasteiger partial charge in [0.25, 0.3) is 5.91 Å². The van der Waals surface area contributed by atoms with Gasteiger partial charge in [-0.2, -0.15) is 0 Å². The second-order valence-corrected chi connectivity index (χ2v) is 5.69. The SMILES string of the molecule is CC(=O)CC1COCCN1C(=O)c1ccc(OC(C)C)nc1. The van der Waals surface area contributed by atoms with Gasteiger partial charge >= 0.3 is 0 Å². The number of aromatic nitrogens is 1. The van der Waals surface area contributed by atoms with Crippen LogP contribution in [0.1, 0.15) is 37.6 Å². The van der Waals surface area contributed by atoms with Gasteiger partial charge in [-0.25, -0.2) is 4.98 Å². The highest BCUT2D eigenvalue weighted by Gasteiger charge is 2.29. The number of nitrogens with zero attached hydrogens (tertiary/aromatic N) is 2. The molecule has 1 unspecified atom stereocenters. The van der Waals surface area contributed by atoms with E-state index in [9.17, 15) is 9.59 Å². The number of morpholine rings is 1. The normalized spacial score (nSPS) is 18.4. The molecule has 0 radical (unpaired) electrons. The number of amides is 1. The quantitative estimate of drug-likeness (QED) is 0.828. The van der Waals surface area contributed by atoms with Gasteiger partial charge in [0.2, 0.25) is 5.88 Å². The number of ether oxygens (including phenoxy) is 2. The molecule has 1 fully saturated rings. The molecule has 0 spiro atoms. The van der Waals surface area contributed by atoms with E-state index in [2.05, 4.69) is 4.98 Å². The zero-order valence-electron chi connectivity index (χ0n) is 13.2. The predicted molar refractivity (Wildman–Crippen MR) is 80.9 cm³/mol. The van der Waals surface area contributed by atoms with Crippen LogP contribution in [0.3, 0.4) is 0 Å². The molecule has 1 aromatic heterocycles. The molecule has 1 amide bonds. The lowest BCUT2D eigenvalue weighted by atomic mass is 10.1. The van der Waals surface area contributed by atoms with Crippen LogP contribution in [0.5, 0.6) is 5.88 Å². The van der Waals surface area contributed by atoms with Crippen LogP contribution in [-0.4, -0.2) is 53.5 Å². The molecule has 22 heavy (non-hydrogen) atoms. The fourth-order valence-electron chi connectivity index (χ4n) is 2.41. The third-order valence-electron chi connectivity index (χ3n) is 3.35. The fourth-order valence-corrected chi connectivity index (χ4v) is 2.41. The van der Waals surface area contributed by atoms with E-state index < -0.39 is 0 Å². The first-order valence-electron chi connectivity index (χ1n) is 7.48. The van der Waals surface area contributed by atoms with Crippen molar-refractivity contribution < 1.29 is 19.1 Å². The number of Topliss-reactive ketones (excluding diaryl/α,β-unsaturated/α-hetero) is 1. The summed E-state index contributed by atoms with van der Waals surface area (Å²) in [6.45, 7) is 6.73. The molecule has 2 rings (SSSR count). The Hall–Kier alpha value is -1.95. The Bertz CT molecular complexity index is 527. The molecule has 0 N–H and O–H groups in total. The number of rotatable bonds is 5. The first-order chi connectivity index (χ1) is 10.5. The summed E-state index contributed by atoms with van der Waals surface area (Å²) in [5, 5.41) is 0. The van der Waals surface area contributed by atoms with E-state index in [4.69, 9.17) is 9.47 Å². The summed E-state index contributed by atoms with van der Waals surface area (Å²) in [5.74, 6) is 0.416. The third kappa shape index (κ3) is 4.27. The van der Waals surface area contributed by atoms with E-state index in [1.807, 2.05) is 13.8 Å². The molecule has 1 aromatic rings. The topological polar surface area (TPSA) is 68.7 Å². The zero-order valence-corrected chi connectivity index (χ0v) is 13.2. The third-order valence-corrected chi connectivity index (χ3v) is 3.35. The highest BCUT2D eigenvalue weighted by Crippen LogP contribution is 2.17. The van der Waals surface area contributed by atoms with E-state index in [0.717, 1.165) is 0 Å². The maximum absolute atomic E-state index is 12.6. The number of hydrogen-bond acceptors (Lipinski definition) is 5. The van der Waals surface area contributed by atoms with Crippen molar-refractivity contribution in [2.45, 2.75) is 39.3 Å². The molecule has 1 aliphatic heterocycles. The summed E-state index contributed by atoms with van der Waals surface area (Å²) in [6.07, 6.45) is 1.86. The maximum atomic E-state index is 12.6. The summed E-state index contributed by atoms with van der Waals surface area (Å²) in [7, 11) is 0.